The lowest BCUT2D eigenvalue weighted by Gasteiger charge is -2.27. The quantitative estimate of drug-likeness (QED) is 0.381. The van der Waals surface area contributed by atoms with E-state index in [0.29, 0.717) is 35.0 Å². The SMILES string of the molecule is CNc1nc(NC23CCC(O)(CC2)C3)nn2cc(F)c(-c3ccc4nc(C)n(CC(F)F)c4n3)c12. The van der Waals surface area contributed by atoms with Crippen LogP contribution in [0.5, 0.6) is 0 Å². The normalized spacial score (nSPS) is 23.7. The number of hydrogen-bond acceptors (Lipinski definition) is 7. The summed E-state index contributed by atoms with van der Waals surface area (Å²) < 4.78 is 44.3. The van der Waals surface area contributed by atoms with Crippen molar-refractivity contribution in [1.82, 2.24) is 29.1 Å². The average Bonchev–Trinajstić information content (AvgIpc) is 3.51. The lowest BCUT2D eigenvalue weighted by atomic mass is 9.93. The minimum atomic E-state index is -2.57. The fourth-order valence-corrected chi connectivity index (χ4v) is 5.72. The van der Waals surface area contributed by atoms with Gasteiger partial charge in [0, 0.05) is 12.6 Å². The van der Waals surface area contributed by atoms with E-state index in [0.717, 1.165) is 25.7 Å². The van der Waals surface area contributed by atoms with Crippen molar-refractivity contribution in [1.29, 1.82) is 0 Å². The number of halogens is 3. The van der Waals surface area contributed by atoms with Gasteiger partial charge < -0.3 is 20.3 Å². The van der Waals surface area contributed by atoms with Gasteiger partial charge in [-0.1, -0.05) is 0 Å². The van der Waals surface area contributed by atoms with E-state index < -0.39 is 24.4 Å². The molecule has 9 nitrogen and oxygen atoms in total. The molecule has 12 heteroatoms. The molecule has 0 saturated heterocycles. The minimum absolute atomic E-state index is 0.166. The van der Waals surface area contributed by atoms with Gasteiger partial charge in [-0.3, -0.25) is 0 Å². The Hall–Kier alpha value is -3.41. The number of aliphatic hydroxyl groups is 1. The van der Waals surface area contributed by atoms with Crippen LogP contribution in [0, 0.1) is 12.7 Å². The van der Waals surface area contributed by atoms with Gasteiger partial charge in [0.2, 0.25) is 5.95 Å². The number of pyridine rings is 1. The second kappa shape index (κ2) is 7.54. The van der Waals surface area contributed by atoms with Crippen molar-refractivity contribution in [3.63, 3.8) is 0 Å². The number of anilines is 2. The molecule has 2 bridgehead atoms. The molecule has 0 aliphatic heterocycles. The van der Waals surface area contributed by atoms with Crippen molar-refractivity contribution in [2.45, 2.75) is 63.1 Å². The Morgan fingerprint density at radius 1 is 1.14 bits per heavy atom. The van der Waals surface area contributed by atoms with Crippen molar-refractivity contribution in [3.8, 4) is 11.3 Å². The van der Waals surface area contributed by atoms with Gasteiger partial charge in [-0.25, -0.2) is 27.7 Å². The zero-order chi connectivity index (χ0) is 24.5. The zero-order valence-electron chi connectivity index (χ0n) is 19.3. The Morgan fingerprint density at radius 2 is 1.91 bits per heavy atom. The molecule has 4 aromatic heterocycles. The molecule has 3 N–H and O–H groups in total. The van der Waals surface area contributed by atoms with Crippen LogP contribution in [-0.4, -0.2) is 58.9 Å². The first-order valence-electron chi connectivity index (χ1n) is 11.6. The summed E-state index contributed by atoms with van der Waals surface area (Å²) in [6.07, 6.45) is 2.43. The molecule has 0 unspecified atom stereocenters. The summed E-state index contributed by atoms with van der Waals surface area (Å²) in [5, 5.41) is 21.5. The summed E-state index contributed by atoms with van der Waals surface area (Å²) in [7, 11) is 1.68. The molecule has 6 rings (SSSR count). The first kappa shape index (κ1) is 22.1. The van der Waals surface area contributed by atoms with Gasteiger partial charge in [-0.2, -0.15) is 4.98 Å². The third-order valence-corrected chi connectivity index (χ3v) is 7.36. The van der Waals surface area contributed by atoms with Crippen molar-refractivity contribution >= 4 is 28.4 Å². The molecule has 0 aromatic carbocycles. The number of hydrogen-bond donors (Lipinski definition) is 3. The van der Waals surface area contributed by atoms with Crippen LogP contribution in [0.4, 0.5) is 24.9 Å². The Balaban J connectivity index is 1.45. The zero-order valence-corrected chi connectivity index (χ0v) is 19.3. The molecule has 0 spiro atoms. The number of aromatic nitrogens is 6. The van der Waals surface area contributed by atoms with Gasteiger partial charge in [0.15, 0.2) is 17.3 Å². The molecule has 4 heterocycles. The first-order valence-corrected chi connectivity index (χ1v) is 11.6. The smallest absolute Gasteiger partial charge is 0.256 e. The van der Waals surface area contributed by atoms with E-state index in [1.54, 1.807) is 26.1 Å². The molecule has 2 aliphatic rings. The fraction of sp³-hybridized carbons (Fsp3) is 0.478. The molecule has 2 aliphatic carbocycles. The summed E-state index contributed by atoms with van der Waals surface area (Å²) in [5.74, 6) is 0.574. The third-order valence-electron chi connectivity index (χ3n) is 7.36. The number of alkyl halides is 2. The predicted molar refractivity (Wildman–Crippen MR) is 124 cm³/mol. The van der Waals surface area contributed by atoms with Gasteiger partial charge in [-0.05, 0) is 51.2 Å². The number of rotatable bonds is 6. The molecule has 4 aromatic rings. The van der Waals surface area contributed by atoms with Gasteiger partial charge >= 0.3 is 0 Å². The molecule has 2 saturated carbocycles. The highest BCUT2D eigenvalue weighted by molar-refractivity contribution is 5.89. The molecular formula is C23H25F3N8O. The molecule has 35 heavy (non-hydrogen) atoms. The first-order chi connectivity index (χ1) is 16.7. The van der Waals surface area contributed by atoms with Crippen molar-refractivity contribution in [2.24, 2.45) is 0 Å². The van der Waals surface area contributed by atoms with E-state index in [2.05, 4.69) is 30.7 Å². The second-order valence-corrected chi connectivity index (χ2v) is 9.69. The predicted octanol–water partition coefficient (Wildman–Crippen LogP) is 3.75. The number of nitrogens with zero attached hydrogens (tertiary/aromatic N) is 6. The van der Waals surface area contributed by atoms with Crippen LogP contribution in [0.25, 0.3) is 27.9 Å². The van der Waals surface area contributed by atoms with Crippen molar-refractivity contribution in [2.75, 3.05) is 17.7 Å². The summed E-state index contributed by atoms with van der Waals surface area (Å²) in [4.78, 5) is 13.4. The van der Waals surface area contributed by atoms with Crippen LogP contribution in [0.3, 0.4) is 0 Å². The number of nitrogens with one attached hydrogen (secondary N) is 2. The average molecular weight is 487 g/mol. The summed E-state index contributed by atoms with van der Waals surface area (Å²) >= 11 is 0. The lowest BCUT2D eigenvalue weighted by molar-refractivity contribution is 0.0521. The Morgan fingerprint density at radius 3 is 2.57 bits per heavy atom. The highest BCUT2D eigenvalue weighted by atomic mass is 19.3. The Kier molecular flexibility index (Phi) is 4.76. The lowest BCUT2D eigenvalue weighted by Crippen LogP contribution is -2.34. The van der Waals surface area contributed by atoms with Gasteiger partial charge in [0.25, 0.3) is 6.43 Å². The maximum atomic E-state index is 15.3. The van der Waals surface area contributed by atoms with Crippen molar-refractivity contribution < 1.29 is 18.3 Å². The third kappa shape index (κ3) is 3.49. The molecule has 0 amide bonds. The monoisotopic (exact) mass is 486 g/mol. The Labute approximate surface area is 198 Å². The number of fused-ring (bicyclic) bond motifs is 4. The maximum absolute atomic E-state index is 15.3. The highest BCUT2D eigenvalue weighted by Gasteiger charge is 2.53. The van der Waals surface area contributed by atoms with E-state index >= 15 is 4.39 Å². The largest absolute Gasteiger partial charge is 0.390 e. The molecule has 0 atom stereocenters. The van der Waals surface area contributed by atoms with Gasteiger partial charge in [0.1, 0.15) is 16.9 Å². The van der Waals surface area contributed by atoms with E-state index in [4.69, 9.17) is 0 Å². The van der Waals surface area contributed by atoms with E-state index in [1.165, 1.54) is 15.3 Å². The topological polar surface area (TPSA) is 105 Å². The maximum Gasteiger partial charge on any atom is 0.256 e. The number of aryl methyl sites for hydroxylation is 1. The molecule has 2 fully saturated rings. The second-order valence-electron chi connectivity index (χ2n) is 9.69. The summed E-state index contributed by atoms with van der Waals surface area (Å²) in [5.41, 5.74) is 0.637. The number of imidazole rings is 1. The van der Waals surface area contributed by atoms with Crippen LogP contribution in [0.1, 0.15) is 37.9 Å². The van der Waals surface area contributed by atoms with E-state index in [9.17, 15) is 13.9 Å². The van der Waals surface area contributed by atoms with Gasteiger partial charge in [-0.15, -0.1) is 5.10 Å². The standard InChI is InChI=1S/C23H25F3N8O/c1-12-28-15-4-3-14(29-20(15)33(12)10-16(25)26)17-13(24)9-34-18(17)19(27-2)30-21(32-34)31-22-5-7-23(35,11-22)8-6-22/h3-4,9,16,35H,5-8,10-11H2,1-2H3,(H2,27,30,31,32). The summed E-state index contributed by atoms with van der Waals surface area (Å²) in [6.45, 7) is 1.09. The Bertz CT molecular complexity index is 1450. The van der Waals surface area contributed by atoms with Crippen LogP contribution in [0.2, 0.25) is 0 Å². The fourth-order valence-electron chi connectivity index (χ4n) is 5.72. The minimum Gasteiger partial charge on any atom is -0.390 e. The molecular weight excluding hydrogens is 461 g/mol. The molecule has 0 radical (unpaired) electrons. The molecule has 184 valence electrons. The van der Waals surface area contributed by atoms with Crippen LogP contribution in [-0.2, 0) is 6.54 Å². The van der Waals surface area contributed by atoms with Crippen LogP contribution in [0.15, 0.2) is 18.3 Å². The van der Waals surface area contributed by atoms with E-state index in [-0.39, 0.29) is 22.4 Å². The van der Waals surface area contributed by atoms with Crippen molar-refractivity contribution in [3.05, 3.63) is 30.0 Å². The summed E-state index contributed by atoms with van der Waals surface area (Å²) in [6, 6.07) is 3.26. The van der Waals surface area contributed by atoms with E-state index in [1.807, 2.05) is 0 Å². The van der Waals surface area contributed by atoms with Gasteiger partial charge in [0.05, 0.1) is 29.6 Å². The highest BCUT2D eigenvalue weighted by Crippen LogP contribution is 2.51. The van der Waals surface area contributed by atoms with Crippen LogP contribution >= 0.6 is 0 Å². The van der Waals surface area contributed by atoms with Crippen LogP contribution < -0.4 is 10.6 Å².